The van der Waals surface area contributed by atoms with E-state index in [1.807, 2.05) is 18.2 Å². The standard InChI is InChI=1S/C18H30N4O2.HI/c1-19-18(20-11-12-22(2)15-7-5-6-8-15)21-14-9-10-16(23-3)17(13-14)24-4;/h9-10,13,15H,5-8,11-12H2,1-4H3,(H2,19,20,21);1H. The Hall–Kier alpha value is -1.22. The topological polar surface area (TPSA) is 58.1 Å². The van der Waals surface area contributed by atoms with Crippen LogP contribution in [-0.2, 0) is 0 Å². The summed E-state index contributed by atoms with van der Waals surface area (Å²) in [5, 5.41) is 6.65. The van der Waals surface area contributed by atoms with E-state index in [9.17, 15) is 0 Å². The largest absolute Gasteiger partial charge is 0.493 e. The number of nitrogens with one attached hydrogen (secondary N) is 2. The second-order valence-electron chi connectivity index (χ2n) is 6.11. The van der Waals surface area contributed by atoms with Gasteiger partial charge in [-0.05, 0) is 32.0 Å². The fourth-order valence-corrected chi connectivity index (χ4v) is 3.11. The minimum absolute atomic E-state index is 0. The lowest BCUT2D eigenvalue weighted by atomic mass is 10.2. The van der Waals surface area contributed by atoms with Crippen LogP contribution in [0.15, 0.2) is 23.2 Å². The molecule has 0 aliphatic heterocycles. The molecule has 0 heterocycles. The summed E-state index contributed by atoms with van der Waals surface area (Å²) < 4.78 is 10.6. The second kappa shape index (κ2) is 11.4. The first-order valence-electron chi connectivity index (χ1n) is 8.58. The first-order valence-corrected chi connectivity index (χ1v) is 8.58. The zero-order valence-corrected chi connectivity index (χ0v) is 18.0. The van der Waals surface area contributed by atoms with Gasteiger partial charge in [0.25, 0.3) is 0 Å². The van der Waals surface area contributed by atoms with E-state index in [4.69, 9.17) is 9.47 Å². The third-order valence-corrected chi connectivity index (χ3v) is 4.57. The molecular weight excluding hydrogens is 431 g/mol. The Morgan fingerprint density at radius 1 is 1.20 bits per heavy atom. The number of aliphatic imine (C=N–C) groups is 1. The summed E-state index contributed by atoms with van der Waals surface area (Å²) in [6, 6.07) is 6.46. The zero-order chi connectivity index (χ0) is 17.4. The summed E-state index contributed by atoms with van der Waals surface area (Å²) in [7, 11) is 7.25. The number of methoxy groups -OCH3 is 2. The van der Waals surface area contributed by atoms with E-state index in [-0.39, 0.29) is 24.0 Å². The van der Waals surface area contributed by atoms with Gasteiger partial charge < -0.3 is 25.0 Å². The van der Waals surface area contributed by atoms with Crippen molar-refractivity contribution in [3.05, 3.63) is 18.2 Å². The third-order valence-electron chi connectivity index (χ3n) is 4.57. The van der Waals surface area contributed by atoms with Gasteiger partial charge in [0.05, 0.1) is 14.2 Å². The third kappa shape index (κ3) is 6.54. The predicted molar refractivity (Wildman–Crippen MR) is 115 cm³/mol. The molecule has 1 saturated carbocycles. The molecule has 2 N–H and O–H groups in total. The number of nitrogens with zero attached hydrogens (tertiary/aromatic N) is 2. The molecule has 0 aromatic heterocycles. The molecule has 0 bridgehead atoms. The molecule has 0 spiro atoms. The monoisotopic (exact) mass is 462 g/mol. The highest BCUT2D eigenvalue weighted by Crippen LogP contribution is 2.29. The van der Waals surface area contributed by atoms with Crippen LogP contribution in [0.5, 0.6) is 11.5 Å². The van der Waals surface area contributed by atoms with Crippen LogP contribution in [0.3, 0.4) is 0 Å². The molecule has 1 aliphatic carbocycles. The van der Waals surface area contributed by atoms with Crippen molar-refractivity contribution in [3.8, 4) is 11.5 Å². The molecule has 6 nitrogen and oxygen atoms in total. The Morgan fingerprint density at radius 3 is 2.48 bits per heavy atom. The van der Waals surface area contributed by atoms with Crippen molar-refractivity contribution >= 4 is 35.6 Å². The van der Waals surface area contributed by atoms with E-state index in [2.05, 4.69) is 27.6 Å². The normalized spacial score (nSPS) is 15.0. The number of ether oxygens (including phenoxy) is 2. The van der Waals surface area contributed by atoms with Crippen LogP contribution in [0, 0.1) is 0 Å². The van der Waals surface area contributed by atoms with Gasteiger partial charge in [0.15, 0.2) is 17.5 Å². The molecular formula is C18H31IN4O2. The molecule has 0 amide bonds. The number of halogens is 1. The fraction of sp³-hybridized carbons (Fsp3) is 0.611. The van der Waals surface area contributed by atoms with Gasteiger partial charge in [-0.25, -0.2) is 0 Å². The van der Waals surface area contributed by atoms with Crippen LogP contribution in [0.2, 0.25) is 0 Å². The molecule has 0 saturated heterocycles. The van der Waals surface area contributed by atoms with Gasteiger partial charge in [-0.15, -0.1) is 24.0 Å². The number of rotatable bonds is 7. The average molecular weight is 462 g/mol. The van der Waals surface area contributed by atoms with Crippen molar-refractivity contribution < 1.29 is 9.47 Å². The Balaban J connectivity index is 0.00000312. The van der Waals surface area contributed by atoms with E-state index in [0.29, 0.717) is 11.5 Å². The zero-order valence-electron chi connectivity index (χ0n) is 15.7. The van der Waals surface area contributed by atoms with Gasteiger partial charge in [0, 0.05) is 37.9 Å². The van der Waals surface area contributed by atoms with Gasteiger partial charge in [0.2, 0.25) is 0 Å². The summed E-state index contributed by atoms with van der Waals surface area (Å²) in [6.07, 6.45) is 5.39. The maximum atomic E-state index is 5.33. The number of likely N-dealkylation sites (N-methyl/N-ethyl adjacent to an activating group) is 1. The van der Waals surface area contributed by atoms with Crippen LogP contribution in [0.4, 0.5) is 5.69 Å². The molecule has 0 radical (unpaired) electrons. The minimum atomic E-state index is 0. The van der Waals surface area contributed by atoms with Gasteiger partial charge in [-0.2, -0.15) is 0 Å². The fourth-order valence-electron chi connectivity index (χ4n) is 3.11. The Kier molecular flexibility index (Phi) is 9.96. The molecule has 25 heavy (non-hydrogen) atoms. The average Bonchev–Trinajstić information content (AvgIpc) is 3.15. The van der Waals surface area contributed by atoms with Crippen molar-refractivity contribution in [1.29, 1.82) is 0 Å². The molecule has 1 aliphatic rings. The molecule has 0 atom stereocenters. The van der Waals surface area contributed by atoms with Crippen molar-refractivity contribution in [2.24, 2.45) is 4.99 Å². The number of guanidine groups is 1. The van der Waals surface area contributed by atoms with Gasteiger partial charge in [-0.3, -0.25) is 4.99 Å². The van der Waals surface area contributed by atoms with Crippen LogP contribution < -0.4 is 20.1 Å². The predicted octanol–water partition coefficient (Wildman–Crippen LogP) is 3.18. The van der Waals surface area contributed by atoms with Crippen molar-refractivity contribution in [2.45, 2.75) is 31.7 Å². The summed E-state index contributed by atoms with van der Waals surface area (Å²) in [6.45, 7) is 1.87. The summed E-state index contributed by atoms with van der Waals surface area (Å²) in [5.74, 6) is 2.16. The SMILES string of the molecule is CN=C(NCCN(C)C1CCCC1)Nc1ccc(OC)c(OC)c1.I. The molecule has 1 aromatic rings. The first-order chi connectivity index (χ1) is 11.7. The van der Waals surface area contributed by atoms with Crippen LogP contribution in [-0.4, -0.2) is 58.3 Å². The van der Waals surface area contributed by atoms with E-state index in [0.717, 1.165) is 30.8 Å². The molecule has 142 valence electrons. The Bertz CT molecular complexity index is 548. The van der Waals surface area contributed by atoms with Crippen LogP contribution in [0.25, 0.3) is 0 Å². The molecule has 0 unspecified atom stereocenters. The quantitative estimate of drug-likeness (QED) is 0.371. The van der Waals surface area contributed by atoms with E-state index in [1.165, 1.54) is 25.7 Å². The summed E-state index contributed by atoms with van der Waals surface area (Å²) >= 11 is 0. The lowest BCUT2D eigenvalue weighted by Crippen LogP contribution is -2.39. The number of hydrogen-bond acceptors (Lipinski definition) is 4. The Morgan fingerprint density at radius 2 is 1.88 bits per heavy atom. The highest BCUT2D eigenvalue weighted by atomic mass is 127. The van der Waals surface area contributed by atoms with Crippen molar-refractivity contribution in [1.82, 2.24) is 10.2 Å². The molecule has 2 rings (SSSR count). The van der Waals surface area contributed by atoms with E-state index in [1.54, 1.807) is 21.3 Å². The number of benzene rings is 1. The maximum Gasteiger partial charge on any atom is 0.195 e. The van der Waals surface area contributed by atoms with Gasteiger partial charge in [-0.1, -0.05) is 12.8 Å². The Labute approximate surface area is 168 Å². The summed E-state index contributed by atoms with van der Waals surface area (Å²) in [5.41, 5.74) is 0.907. The first kappa shape index (κ1) is 21.8. The number of anilines is 1. The number of hydrogen-bond donors (Lipinski definition) is 2. The second-order valence-corrected chi connectivity index (χ2v) is 6.11. The smallest absolute Gasteiger partial charge is 0.195 e. The molecule has 1 fully saturated rings. The van der Waals surface area contributed by atoms with Crippen LogP contribution >= 0.6 is 24.0 Å². The molecule has 7 heteroatoms. The van der Waals surface area contributed by atoms with E-state index >= 15 is 0 Å². The van der Waals surface area contributed by atoms with Gasteiger partial charge >= 0.3 is 0 Å². The van der Waals surface area contributed by atoms with Crippen molar-refractivity contribution in [2.75, 3.05) is 46.7 Å². The lowest BCUT2D eigenvalue weighted by Gasteiger charge is -2.24. The maximum absolute atomic E-state index is 5.33. The molecule has 1 aromatic carbocycles. The highest BCUT2D eigenvalue weighted by molar-refractivity contribution is 14.0. The highest BCUT2D eigenvalue weighted by Gasteiger charge is 2.18. The van der Waals surface area contributed by atoms with Crippen molar-refractivity contribution in [3.63, 3.8) is 0 Å². The minimum Gasteiger partial charge on any atom is -0.493 e. The van der Waals surface area contributed by atoms with E-state index < -0.39 is 0 Å². The summed E-state index contributed by atoms with van der Waals surface area (Å²) in [4.78, 5) is 6.73. The van der Waals surface area contributed by atoms with Crippen LogP contribution in [0.1, 0.15) is 25.7 Å². The van der Waals surface area contributed by atoms with Gasteiger partial charge in [0.1, 0.15) is 0 Å². The lowest BCUT2D eigenvalue weighted by molar-refractivity contribution is 0.249.